The number of benzene rings is 2. The quantitative estimate of drug-likeness (QED) is 0.863. The predicted octanol–water partition coefficient (Wildman–Crippen LogP) is 4.48. The van der Waals surface area contributed by atoms with Crippen molar-refractivity contribution >= 4 is 21.6 Å². The number of anilines is 1. The molecule has 5 heteroatoms. The third kappa shape index (κ3) is 3.22. The van der Waals surface area contributed by atoms with Crippen LogP contribution in [0, 0.1) is 5.82 Å². The maximum atomic E-state index is 13.0. The van der Waals surface area contributed by atoms with Crippen molar-refractivity contribution in [2.45, 2.75) is 13.0 Å². The standard InChI is InChI=1S/C15H15BrFNO2/c1-9(12-5-4-11(17)8-14(12)19)18-13-7-10(16)3-6-15(13)20-2/h3-9,18-19H,1-2H3. The Bertz CT molecular complexity index is 619. The molecule has 0 aliphatic heterocycles. The van der Waals surface area contributed by atoms with Gasteiger partial charge in [0.1, 0.15) is 17.3 Å². The summed E-state index contributed by atoms with van der Waals surface area (Å²) in [7, 11) is 1.59. The second-order valence-electron chi connectivity index (χ2n) is 4.41. The number of phenolic OH excluding ortho intramolecular Hbond substituents is 1. The molecule has 1 unspecified atom stereocenters. The Hall–Kier alpha value is -1.75. The highest BCUT2D eigenvalue weighted by molar-refractivity contribution is 9.10. The normalized spacial score (nSPS) is 12.0. The molecule has 0 radical (unpaired) electrons. The van der Waals surface area contributed by atoms with Gasteiger partial charge in [-0.1, -0.05) is 22.0 Å². The van der Waals surface area contributed by atoms with Gasteiger partial charge in [-0.05, 0) is 31.2 Å². The Morgan fingerprint density at radius 3 is 2.65 bits per heavy atom. The van der Waals surface area contributed by atoms with Crippen molar-refractivity contribution in [1.29, 1.82) is 0 Å². The number of rotatable bonds is 4. The Balaban J connectivity index is 2.27. The van der Waals surface area contributed by atoms with Gasteiger partial charge in [0.2, 0.25) is 0 Å². The molecule has 2 aromatic carbocycles. The summed E-state index contributed by atoms with van der Waals surface area (Å²) in [5, 5.41) is 13.0. The van der Waals surface area contributed by atoms with Gasteiger partial charge >= 0.3 is 0 Å². The van der Waals surface area contributed by atoms with Gasteiger partial charge in [0.15, 0.2) is 0 Å². The van der Waals surface area contributed by atoms with Crippen molar-refractivity contribution in [1.82, 2.24) is 0 Å². The minimum atomic E-state index is -0.460. The second-order valence-corrected chi connectivity index (χ2v) is 5.33. The number of nitrogens with one attached hydrogen (secondary N) is 1. The van der Waals surface area contributed by atoms with E-state index in [1.54, 1.807) is 13.2 Å². The first-order valence-corrected chi connectivity index (χ1v) is 6.89. The Morgan fingerprint density at radius 2 is 2.00 bits per heavy atom. The first-order valence-electron chi connectivity index (χ1n) is 6.09. The van der Waals surface area contributed by atoms with Gasteiger partial charge in [0.25, 0.3) is 0 Å². The summed E-state index contributed by atoms with van der Waals surface area (Å²) in [4.78, 5) is 0. The highest BCUT2D eigenvalue weighted by Gasteiger charge is 2.13. The molecule has 0 amide bonds. The summed E-state index contributed by atoms with van der Waals surface area (Å²) in [6.07, 6.45) is 0. The summed E-state index contributed by atoms with van der Waals surface area (Å²) >= 11 is 3.40. The van der Waals surface area contributed by atoms with Crippen LogP contribution in [0.25, 0.3) is 0 Å². The molecular formula is C15H15BrFNO2. The fourth-order valence-electron chi connectivity index (χ4n) is 1.99. The Labute approximate surface area is 125 Å². The first-order chi connectivity index (χ1) is 9.51. The topological polar surface area (TPSA) is 41.5 Å². The lowest BCUT2D eigenvalue weighted by atomic mass is 10.1. The first kappa shape index (κ1) is 14.7. The number of halogens is 2. The Morgan fingerprint density at radius 1 is 1.25 bits per heavy atom. The minimum Gasteiger partial charge on any atom is -0.507 e. The number of hydrogen-bond donors (Lipinski definition) is 2. The zero-order valence-electron chi connectivity index (χ0n) is 11.2. The lowest BCUT2D eigenvalue weighted by Crippen LogP contribution is -2.08. The molecule has 1 atom stereocenters. The molecule has 0 aliphatic rings. The van der Waals surface area contributed by atoms with E-state index in [2.05, 4.69) is 21.2 Å². The van der Waals surface area contributed by atoms with Crippen molar-refractivity contribution in [2.24, 2.45) is 0 Å². The van der Waals surface area contributed by atoms with Crippen molar-refractivity contribution < 1.29 is 14.2 Å². The molecule has 20 heavy (non-hydrogen) atoms. The average Bonchev–Trinajstić information content (AvgIpc) is 2.38. The summed E-state index contributed by atoms with van der Waals surface area (Å²) < 4.78 is 19.2. The fourth-order valence-corrected chi connectivity index (χ4v) is 2.35. The molecule has 0 fully saturated rings. The highest BCUT2D eigenvalue weighted by Crippen LogP contribution is 2.33. The molecule has 0 heterocycles. The van der Waals surface area contributed by atoms with Crippen LogP contribution >= 0.6 is 15.9 Å². The fraction of sp³-hybridized carbons (Fsp3) is 0.200. The summed E-state index contributed by atoms with van der Waals surface area (Å²) in [6.45, 7) is 1.88. The maximum absolute atomic E-state index is 13.0. The van der Waals surface area contributed by atoms with Crippen LogP contribution in [0.4, 0.5) is 10.1 Å². The number of hydrogen-bond acceptors (Lipinski definition) is 3. The van der Waals surface area contributed by atoms with Crippen LogP contribution in [0.1, 0.15) is 18.5 Å². The van der Waals surface area contributed by atoms with Gasteiger partial charge in [0, 0.05) is 16.1 Å². The predicted molar refractivity (Wildman–Crippen MR) is 80.8 cm³/mol. The molecule has 0 aromatic heterocycles. The molecule has 0 saturated carbocycles. The zero-order chi connectivity index (χ0) is 14.7. The van der Waals surface area contributed by atoms with Gasteiger partial charge in [-0.15, -0.1) is 0 Å². The number of aromatic hydroxyl groups is 1. The van der Waals surface area contributed by atoms with E-state index in [4.69, 9.17) is 4.74 Å². The van der Waals surface area contributed by atoms with Crippen molar-refractivity contribution in [3.63, 3.8) is 0 Å². The van der Waals surface area contributed by atoms with Crippen molar-refractivity contribution in [3.8, 4) is 11.5 Å². The van der Waals surface area contributed by atoms with E-state index >= 15 is 0 Å². The average molecular weight is 340 g/mol. The molecule has 2 N–H and O–H groups in total. The summed E-state index contributed by atoms with van der Waals surface area (Å²) in [5.74, 6) is 0.166. The van der Waals surface area contributed by atoms with Gasteiger partial charge in [-0.25, -0.2) is 4.39 Å². The molecule has 2 aromatic rings. The Kier molecular flexibility index (Phi) is 4.49. The molecule has 0 spiro atoms. The molecule has 106 valence electrons. The molecule has 0 saturated heterocycles. The molecule has 3 nitrogen and oxygen atoms in total. The second kappa shape index (κ2) is 6.13. The minimum absolute atomic E-state index is 0.0704. The van der Waals surface area contributed by atoms with Crippen LogP contribution in [-0.2, 0) is 0 Å². The highest BCUT2D eigenvalue weighted by atomic mass is 79.9. The van der Waals surface area contributed by atoms with Crippen molar-refractivity contribution in [3.05, 3.63) is 52.3 Å². The van der Waals surface area contributed by atoms with E-state index in [9.17, 15) is 9.50 Å². The third-order valence-corrected chi connectivity index (χ3v) is 3.49. The SMILES string of the molecule is COc1ccc(Br)cc1NC(C)c1ccc(F)cc1O. The van der Waals surface area contributed by atoms with Crippen LogP contribution in [0.3, 0.4) is 0 Å². The van der Waals surface area contributed by atoms with E-state index < -0.39 is 5.82 Å². The van der Waals surface area contributed by atoms with E-state index in [0.29, 0.717) is 11.3 Å². The number of ether oxygens (including phenoxy) is 1. The lowest BCUT2D eigenvalue weighted by Gasteiger charge is -2.19. The van der Waals surface area contributed by atoms with Crippen LogP contribution in [-0.4, -0.2) is 12.2 Å². The maximum Gasteiger partial charge on any atom is 0.142 e. The van der Waals surface area contributed by atoms with Crippen LogP contribution < -0.4 is 10.1 Å². The molecule has 0 aliphatic carbocycles. The molecular weight excluding hydrogens is 325 g/mol. The van der Waals surface area contributed by atoms with E-state index in [1.165, 1.54) is 6.07 Å². The lowest BCUT2D eigenvalue weighted by molar-refractivity contribution is 0.415. The van der Waals surface area contributed by atoms with Gasteiger partial charge in [-0.3, -0.25) is 0 Å². The largest absolute Gasteiger partial charge is 0.507 e. The van der Waals surface area contributed by atoms with E-state index in [0.717, 1.165) is 16.2 Å². The third-order valence-electron chi connectivity index (χ3n) is 2.99. The number of methoxy groups -OCH3 is 1. The van der Waals surface area contributed by atoms with Crippen LogP contribution in [0.2, 0.25) is 0 Å². The summed E-state index contributed by atoms with van der Waals surface area (Å²) in [5.41, 5.74) is 1.41. The molecule has 2 rings (SSSR count). The van der Waals surface area contributed by atoms with Gasteiger partial charge < -0.3 is 15.2 Å². The van der Waals surface area contributed by atoms with Crippen LogP contribution in [0.15, 0.2) is 40.9 Å². The van der Waals surface area contributed by atoms with E-state index in [1.807, 2.05) is 25.1 Å². The molecule has 0 bridgehead atoms. The van der Waals surface area contributed by atoms with Gasteiger partial charge in [0.05, 0.1) is 18.8 Å². The van der Waals surface area contributed by atoms with Crippen molar-refractivity contribution in [2.75, 3.05) is 12.4 Å². The monoisotopic (exact) mass is 339 g/mol. The zero-order valence-corrected chi connectivity index (χ0v) is 12.7. The summed E-state index contributed by atoms with van der Waals surface area (Å²) in [6, 6.07) is 9.40. The smallest absolute Gasteiger partial charge is 0.142 e. The number of phenols is 1. The van der Waals surface area contributed by atoms with E-state index in [-0.39, 0.29) is 11.8 Å². The van der Waals surface area contributed by atoms with Crippen LogP contribution in [0.5, 0.6) is 11.5 Å². The van der Waals surface area contributed by atoms with Gasteiger partial charge in [-0.2, -0.15) is 0 Å².